The van der Waals surface area contributed by atoms with Crippen LogP contribution in [0.5, 0.6) is 0 Å². The largest absolute Gasteiger partial charge is 0.480 e. The topological polar surface area (TPSA) is 57.6 Å². The van der Waals surface area contributed by atoms with Gasteiger partial charge in [-0.1, -0.05) is 54.6 Å². The van der Waals surface area contributed by atoms with Crippen LogP contribution in [0.25, 0.3) is 6.08 Å². The van der Waals surface area contributed by atoms with E-state index in [0.717, 1.165) is 18.4 Å². The van der Waals surface area contributed by atoms with Crippen molar-refractivity contribution in [3.63, 3.8) is 0 Å². The minimum atomic E-state index is -0.992. The molecule has 2 aromatic carbocycles. The molecule has 1 unspecified atom stereocenters. The number of carbonyl (C=O) groups is 2. The van der Waals surface area contributed by atoms with E-state index in [4.69, 9.17) is 0 Å². The molecule has 1 N–H and O–H groups in total. The summed E-state index contributed by atoms with van der Waals surface area (Å²) in [5.41, 5.74) is 1.55. The lowest BCUT2D eigenvalue weighted by Crippen LogP contribution is -2.47. The molecule has 3 rings (SSSR count). The highest BCUT2D eigenvalue weighted by atomic mass is 19.1. The van der Waals surface area contributed by atoms with Crippen LogP contribution in [0.15, 0.2) is 60.7 Å². The van der Waals surface area contributed by atoms with Gasteiger partial charge in [-0.25, -0.2) is 9.18 Å². The number of aliphatic carboxylic acids is 1. The van der Waals surface area contributed by atoms with Gasteiger partial charge in [0, 0.05) is 18.9 Å². The minimum Gasteiger partial charge on any atom is -0.480 e. The Balaban J connectivity index is 1.71. The Bertz CT molecular complexity index is 830. The number of halogens is 1. The molecule has 0 bridgehead atoms. The molecule has 1 atom stereocenters. The fourth-order valence-corrected chi connectivity index (χ4v) is 3.14. The van der Waals surface area contributed by atoms with E-state index < -0.39 is 12.0 Å². The lowest BCUT2D eigenvalue weighted by molar-refractivity contribution is -0.150. The predicted octanol–water partition coefficient (Wildman–Crippen LogP) is 3.92. The number of amides is 1. The molecule has 0 radical (unpaired) electrons. The zero-order valence-corrected chi connectivity index (χ0v) is 14.9. The molecular formula is C22H22FNO3. The lowest BCUT2D eigenvalue weighted by atomic mass is 10.0. The normalized spacial score (nSPS) is 14.9. The van der Waals surface area contributed by atoms with Crippen molar-refractivity contribution in [2.75, 3.05) is 0 Å². The number of carboxylic acid groups (broad SMARTS) is 1. The van der Waals surface area contributed by atoms with Gasteiger partial charge in [-0.05, 0) is 36.1 Å². The van der Waals surface area contributed by atoms with Crippen LogP contribution in [0.3, 0.4) is 0 Å². The quantitative estimate of drug-likeness (QED) is 0.769. The summed E-state index contributed by atoms with van der Waals surface area (Å²) in [5.74, 6) is -1.54. The summed E-state index contributed by atoms with van der Waals surface area (Å²) in [6, 6.07) is 14.5. The van der Waals surface area contributed by atoms with Crippen molar-refractivity contribution < 1.29 is 19.1 Å². The summed E-state index contributed by atoms with van der Waals surface area (Å²) in [6.45, 7) is 0. The van der Waals surface area contributed by atoms with E-state index in [2.05, 4.69) is 0 Å². The zero-order valence-electron chi connectivity index (χ0n) is 14.9. The van der Waals surface area contributed by atoms with Gasteiger partial charge in [0.05, 0.1) is 0 Å². The van der Waals surface area contributed by atoms with Crippen molar-refractivity contribution in [3.05, 3.63) is 77.6 Å². The van der Waals surface area contributed by atoms with Gasteiger partial charge >= 0.3 is 5.97 Å². The molecule has 1 amide bonds. The van der Waals surface area contributed by atoms with Crippen LogP contribution in [0, 0.1) is 5.82 Å². The summed E-state index contributed by atoms with van der Waals surface area (Å²) in [5, 5.41) is 9.71. The molecule has 5 heteroatoms. The smallest absolute Gasteiger partial charge is 0.326 e. The van der Waals surface area contributed by atoms with Crippen LogP contribution in [0.1, 0.15) is 30.4 Å². The van der Waals surface area contributed by atoms with Crippen LogP contribution < -0.4 is 0 Å². The van der Waals surface area contributed by atoms with Gasteiger partial charge < -0.3 is 10.0 Å². The third-order valence-electron chi connectivity index (χ3n) is 4.57. The molecule has 2 aromatic rings. The van der Waals surface area contributed by atoms with Crippen LogP contribution >= 0.6 is 0 Å². The van der Waals surface area contributed by atoms with E-state index in [1.54, 1.807) is 24.3 Å². The van der Waals surface area contributed by atoms with Crippen LogP contribution in [0.2, 0.25) is 0 Å². The third-order valence-corrected chi connectivity index (χ3v) is 4.57. The van der Waals surface area contributed by atoms with Gasteiger partial charge in [-0.2, -0.15) is 0 Å². The number of benzene rings is 2. The fourth-order valence-electron chi connectivity index (χ4n) is 3.14. The van der Waals surface area contributed by atoms with Gasteiger partial charge in [0.15, 0.2) is 0 Å². The number of carboxylic acids is 1. The van der Waals surface area contributed by atoms with Crippen LogP contribution in [0.4, 0.5) is 4.39 Å². The molecule has 1 aliphatic carbocycles. The number of hydrogen-bond donors (Lipinski definition) is 1. The monoisotopic (exact) mass is 367 g/mol. The number of rotatable bonds is 8. The highest BCUT2D eigenvalue weighted by molar-refractivity contribution is 5.85. The first-order chi connectivity index (χ1) is 13.0. The van der Waals surface area contributed by atoms with E-state index in [0.29, 0.717) is 5.56 Å². The van der Waals surface area contributed by atoms with E-state index in [-0.39, 0.29) is 30.6 Å². The Labute approximate surface area is 157 Å². The second kappa shape index (κ2) is 8.62. The minimum absolute atomic E-state index is 0.00937. The Morgan fingerprint density at radius 3 is 2.52 bits per heavy atom. The highest BCUT2D eigenvalue weighted by Crippen LogP contribution is 2.30. The van der Waals surface area contributed by atoms with Crippen molar-refractivity contribution in [1.29, 1.82) is 0 Å². The standard InChI is InChI=1S/C22H22FNO3/c23-18-10-4-8-16(14-18)9-5-11-21(25)24(19-12-13-19)20(22(26)27)15-17-6-2-1-3-7-17/h1-10,14,19-20H,11-13,15H2,(H,26,27)/b9-5+. The van der Waals surface area contributed by atoms with Crippen molar-refractivity contribution in [2.45, 2.75) is 37.8 Å². The van der Waals surface area contributed by atoms with Gasteiger partial charge in [-0.15, -0.1) is 0 Å². The third kappa shape index (κ3) is 5.26. The van der Waals surface area contributed by atoms with Gasteiger partial charge in [0.25, 0.3) is 0 Å². The Morgan fingerprint density at radius 2 is 1.89 bits per heavy atom. The molecule has 1 aliphatic rings. The Hall–Kier alpha value is -2.95. The van der Waals surface area contributed by atoms with Crippen molar-refractivity contribution >= 4 is 18.0 Å². The molecule has 140 valence electrons. The summed E-state index contributed by atoms with van der Waals surface area (Å²) in [6.07, 6.45) is 5.38. The molecule has 27 heavy (non-hydrogen) atoms. The number of carbonyl (C=O) groups excluding carboxylic acids is 1. The molecule has 1 fully saturated rings. The first-order valence-electron chi connectivity index (χ1n) is 9.04. The Morgan fingerprint density at radius 1 is 1.15 bits per heavy atom. The average molecular weight is 367 g/mol. The maximum Gasteiger partial charge on any atom is 0.326 e. The first-order valence-corrected chi connectivity index (χ1v) is 9.04. The second-order valence-corrected chi connectivity index (χ2v) is 6.74. The maximum absolute atomic E-state index is 13.2. The molecule has 0 aliphatic heterocycles. The van der Waals surface area contributed by atoms with Gasteiger partial charge in [-0.3, -0.25) is 4.79 Å². The molecular weight excluding hydrogens is 345 g/mol. The summed E-state index contributed by atoms with van der Waals surface area (Å²) in [4.78, 5) is 26.1. The molecule has 0 heterocycles. The SMILES string of the molecule is O=C(O)C(Cc1ccccc1)N(C(=O)C/C=C/c1cccc(F)c1)C1CC1. The highest BCUT2D eigenvalue weighted by Gasteiger charge is 2.39. The first kappa shape index (κ1) is 18.8. The van der Waals surface area contributed by atoms with Crippen LogP contribution in [-0.4, -0.2) is 34.0 Å². The van der Waals surface area contributed by atoms with Gasteiger partial charge in [0.2, 0.25) is 5.91 Å². The van der Waals surface area contributed by atoms with E-state index in [1.165, 1.54) is 17.0 Å². The average Bonchev–Trinajstić information content (AvgIpc) is 3.47. The second-order valence-electron chi connectivity index (χ2n) is 6.74. The summed E-state index contributed by atoms with van der Waals surface area (Å²) < 4.78 is 13.2. The number of hydrogen-bond acceptors (Lipinski definition) is 2. The number of nitrogens with zero attached hydrogens (tertiary/aromatic N) is 1. The molecule has 0 aromatic heterocycles. The van der Waals surface area contributed by atoms with E-state index in [9.17, 15) is 19.1 Å². The molecule has 4 nitrogen and oxygen atoms in total. The molecule has 1 saturated carbocycles. The maximum atomic E-state index is 13.2. The fraction of sp³-hybridized carbons (Fsp3) is 0.273. The van der Waals surface area contributed by atoms with E-state index >= 15 is 0 Å². The van der Waals surface area contributed by atoms with Gasteiger partial charge in [0.1, 0.15) is 11.9 Å². The summed E-state index contributed by atoms with van der Waals surface area (Å²) >= 11 is 0. The lowest BCUT2D eigenvalue weighted by Gasteiger charge is -2.29. The summed E-state index contributed by atoms with van der Waals surface area (Å²) in [7, 11) is 0. The predicted molar refractivity (Wildman–Crippen MR) is 101 cm³/mol. The van der Waals surface area contributed by atoms with Crippen molar-refractivity contribution in [2.24, 2.45) is 0 Å². The Kier molecular flexibility index (Phi) is 6.01. The van der Waals surface area contributed by atoms with Crippen molar-refractivity contribution in [1.82, 2.24) is 4.90 Å². The zero-order chi connectivity index (χ0) is 19.2. The van der Waals surface area contributed by atoms with Crippen molar-refractivity contribution in [3.8, 4) is 0 Å². The molecule has 0 saturated heterocycles. The molecule has 0 spiro atoms. The van der Waals surface area contributed by atoms with E-state index in [1.807, 2.05) is 30.3 Å². The van der Waals surface area contributed by atoms with Crippen LogP contribution in [-0.2, 0) is 16.0 Å².